The maximum atomic E-state index is 11.8. The van der Waals surface area contributed by atoms with Gasteiger partial charge in [0.15, 0.2) is 6.61 Å². The second kappa shape index (κ2) is 8.86. The monoisotopic (exact) mass is 310 g/mol. The molecule has 1 saturated carbocycles. The van der Waals surface area contributed by atoms with Gasteiger partial charge in [-0.1, -0.05) is 32.1 Å². The Morgan fingerprint density at radius 3 is 2.38 bits per heavy atom. The van der Waals surface area contributed by atoms with Gasteiger partial charge in [0.1, 0.15) is 6.54 Å². The van der Waals surface area contributed by atoms with Crippen LogP contribution >= 0.6 is 0 Å². The van der Waals surface area contributed by atoms with E-state index in [9.17, 15) is 22.8 Å². The molecule has 1 aliphatic carbocycles. The molecular formula is C13H21F3N2O3. The molecule has 2 amide bonds. The van der Waals surface area contributed by atoms with Gasteiger partial charge in [0, 0.05) is 6.42 Å². The molecule has 0 aliphatic heterocycles. The third kappa shape index (κ3) is 9.28. The number of hydroxylamine groups is 1. The van der Waals surface area contributed by atoms with Gasteiger partial charge in [-0.3, -0.25) is 14.4 Å². The van der Waals surface area contributed by atoms with E-state index in [1.54, 1.807) is 5.32 Å². The molecule has 0 aromatic carbocycles. The Balaban J connectivity index is 2.03. The molecule has 5 nitrogen and oxygen atoms in total. The van der Waals surface area contributed by atoms with Gasteiger partial charge < -0.3 is 5.32 Å². The Hall–Kier alpha value is -1.31. The highest BCUT2D eigenvalue weighted by atomic mass is 19.4. The molecule has 1 aliphatic rings. The highest BCUT2D eigenvalue weighted by Crippen LogP contribution is 2.27. The zero-order valence-corrected chi connectivity index (χ0v) is 11.8. The Morgan fingerprint density at radius 2 is 1.76 bits per heavy atom. The van der Waals surface area contributed by atoms with E-state index in [1.807, 2.05) is 0 Å². The zero-order chi connectivity index (χ0) is 15.7. The summed E-state index contributed by atoms with van der Waals surface area (Å²) in [7, 11) is 0. The Labute approximate surface area is 121 Å². The molecule has 0 unspecified atom stereocenters. The summed E-state index contributed by atoms with van der Waals surface area (Å²) in [5, 5.41) is 1.64. The summed E-state index contributed by atoms with van der Waals surface area (Å²) >= 11 is 0. The molecule has 0 aromatic rings. The van der Waals surface area contributed by atoms with E-state index in [2.05, 4.69) is 10.3 Å². The number of halogens is 3. The van der Waals surface area contributed by atoms with Crippen molar-refractivity contribution >= 4 is 11.8 Å². The van der Waals surface area contributed by atoms with Crippen LogP contribution in [0.1, 0.15) is 44.9 Å². The van der Waals surface area contributed by atoms with Crippen LogP contribution in [0.15, 0.2) is 0 Å². The lowest BCUT2D eigenvalue weighted by Gasteiger charge is -2.20. The third-order valence-corrected chi connectivity index (χ3v) is 3.38. The van der Waals surface area contributed by atoms with E-state index in [0.29, 0.717) is 12.3 Å². The fourth-order valence-electron chi connectivity index (χ4n) is 2.29. The first-order valence-corrected chi connectivity index (χ1v) is 7.11. The summed E-state index contributed by atoms with van der Waals surface area (Å²) in [5.74, 6) is -0.733. The maximum Gasteiger partial charge on any atom is 0.405 e. The first-order valence-electron chi connectivity index (χ1n) is 7.11. The fourth-order valence-corrected chi connectivity index (χ4v) is 2.29. The summed E-state index contributed by atoms with van der Waals surface area (Å²) < 4.78 is 35.5. The molecule has 0 atom stereocenters. The van der Waals surface area contributed by atoms with Crippen LogP contribution in [0.5, 0.6) is 0 Å². The smallest absolute Gasteiger partial charge is 0.345 e. The van der Waals surface area contributed by atoms with Crippen molar-refractivity contribution in [2.75, 3.05) is 13.2 Å². The summed E-state index contributed by atoms with van der Waals surface area (Å²) in [6, 6.07) is 0. The molecule has 1 fully saturated rings. The largest absolute Gasteiger partial charge is 0.405 e. The van der Waals surface area contributed by atoms with Crippen molar-refractivity contribution in [1.82, 2.24) is 10.8 Å². The highest BCUT2D eigenvalue weighted by Gasteiger charge is 2.27. The van der Waals surface area contributed by atoms with Crippen molar-refractivity contribution in [1.29, 1.82) is 0 Å². The minimum Gasteiger partial charge on any atom is -0.345 e. The standard InChI is InChI=1S/C13H21F3N2O3/c14-13(15,16)9-17-12(20)8-21-18-11(19)7-6-10-4-2-1-3-5-10/h10H,1-9H2,(H,17,20)(H,18,19). The van der Waals surface area contributed by atoms with Crippen LogP contribution in [0.4, 0.5) is 13.2 Å². The SMILES string of the molecule is O=C(CONC(=O)CCC1CCCCC1)NCC(F)(F)F. The summed E-state index contributed by atoms with van der Waals surface area (Å²) in [5.41, 5.74) is 2.07. The zero-order valence-electron chi connectivity index (χ0n) is 11.8. The van der Waals surface area contributed by atoms with Crippen molar-refractivity contribution in [2.45, 2.75) is 51.1 Å². The molecule has 8 heteroatoms. The third-order valence-electron chi connectivity index (χ3n) is 3.38. The normalized spacial score (nSPS) is 16.5. The molecule has 0 heterocycles. The van der Waals surface area contributed by atoms with Gasteiger partial charge in [0.25, 0.3) is 0 Å². The minimum absolute atomic E-state index is 0.300. The summed E-state index contributed by atoms with van der Waals surface area (Å²) in [6.07, 6.45) is 2.52. The van der Waals surface area contributed by atoms with Crippen molar-refractivity contribution in [3.63, 3.8) is 0 Å². The lowest BCUT2D eigenvalue weighted by Crippen LogP contribution is -2.38. The van der Waals surface area contributed by atoms with Crippen molar-refractivity contribution in [3.05, 3.63) is 0 Å². The number of hydrogen-bond acceptors (Lipinski definition) is 3. The molecule has 21 heavy (non-hydrogen) atoms. The summed E-state index contributed by atoms with van der Waals surface area (Å²) in [4.78, 5) is 27.0. The Morgan fingerprint density at radius 1 is 1.10 bits per heavy atom. The predicted molar refractivity (Wildman–Crippen MR) is 69.0 cm³/mol. The number of nitrogens with one attached hydrogen (secondary N) is 2. The van der Waals surface area contributed by atoms with E-state index in [1.165, 1.54) is 19.3 Å². The van der Waals surface area contributed by atoms with Crippen LogP contribution in [0, 0.1) is 5.92 Å². The van der Waals surface area contributed by atoms with Crippen LogP contribution in [0.2, 0.25) is 0 Å². The van der Waals surface area contributed by atoms with Gasteiger partial charge >= 0.3 is 6.18 Å². The first kappa shape index (κ1) is 17.7. The first-order chi connectivity index (χ1) is 9.87. The van der Waals surface area contributed by atoms with Crippen LogP contribution in [0.25, 0.3) is 0 Å². The number of carbonyl (C=O) groups excluding carboxylic acids is 2. The molecule has 0 aromatic heterocycles. The Bertz CT molecular complexity index is 342. The topological polar surface area (TPSA) is 67.4 Å². The van der Waals surface area contributed by atoms with E-state index >= 15 is 0 Å². The van der Waals surface area contributed by atoms with Crippen LogP contribution in [-0.2, 0) is 14.4 Å². The fraction of sp³-hybridized carbons (Fsp3) is 0.846. The van der Waals surface area contributed by atoms with Gasteiger partial charge in [0.05, 0.1) is 0 Å². The molecule has 2 N–H and O–H groups in total. The molecule has 0 bridgehead atoms. The van der Waals surface area contributed by atoms with E-state index < -0.39 is 25.2 Å². The quantitative estimate of drug-likeness (QED) is 0.707. The average molecular weight is 310 g/mol. The van der Waals surface area contributed by atoms with E-state index in [4.69, 9.17) is 0 Å². The summed E-state index contributed by atoms with van der Waals surface area (Å²) in [6.45, 7) is -2.05. The second-order valence-electron chi connectivity index (χ2n) is 5.25. The van der Waals surface area contributed by atoms with Crippen LogP contribution < -0.4 is 10.8 Å². The number of alkyl halides is 3. The van der Waals surface area contributed by atoms with E-state index in [-0.39, 0.29) is 5.91 Å². The van der Waals surface area contributed by atoms with Gasteiger partial charge in [0.2, 0.25) is 11.8 Å². The molecule has 0 radical (unpaired) electrons. The lowest BCUT2D eigenvalue weighted by atomic mass is 9.86. The molecule has 1 rings (SSSR count). The molecular weight excluding hydrogens is 289 g/mol. The van der Waals surface area contributed by atoms with E-state index in [0.717, 1.165) is 19.3 Å². The lowest BCUT2D eigenvalue weighted by molar-refractivity contribution is -0.146. The highest BCUT2D eigenvalue weighted by molar-refractivity contribution is 5.78. The van der Waals surface area contributed by atoms with Gasteiger partial charge in [-0.2, -0.15) is 13.2 Å². The molecule has 0 saturated heterocycles. The van der Waals surface area contributed by atoms with Gasteiger partial charge in [-0.05, 0) is 12.3 Å². The van der Waals surface area contributed by atoms with Gasteiger partial charge in [-0.15, -0.1) is 0 Å². The second-order valence-corrected chi connectivity index (χ2v) is 5.25. The van der Waals surface area contributed by atoms with Crippen LogP contribution in [-0.4, -0.2) is 31.1 Å². The predicted octanol–water partition coefficient (Wildman–Crippen LogP) is 2.07. The van der Waals surface area contributed by atoms with Crippen molar-refractivity contribution in [3.8, 4) is 0 Å². The van der Waals surface area contributed by atoms with Crippen molar-refractivity contribution < 1.29 is 27.6 Å². The molecule has 122 valence electrons. The maximum absolute atomic E-state index is 11.8. The average Bonchev–Trinajstić information content (AvgIpc) is 2.43. The number of hydrogen-bond donors (Lipinski definition) is 2. The number of carbonyl (C=O) groups is 2. The van der Waals surface area contributed by atoms with Crippen LogP contribution in [0.3, 0.4) is 0 Å². The van der Waals surface area contributed by atoms with Gasteiger partial charge in [-0.25, -0.2) is 5.48 Å². The molecule has 0 spiro atoms. The minimum atomic E-state index is -4.46. The Kier molecular flexibility index (Phi) is 7.49. The number of amides is 2. The van der Waals surface area contributed by atoms with Crippen molar-refractivity contribution in [2.24, 2.45) is 5.92 Å². The number of rotatable bonds is 7.